The summed E-state index contributed by atoms with van der Waals surface area (Å²) in [6.45, 7) is 4.25. The van der Waals surface area contributed by atoms with Gasteiger partial charge in [-0.25, -0.2) is 0 Å². The van der Waals surface area contributed by atoms with E-state index in [1.165, 1.54) is 0 Å². The predicted octanol–water partition coefficient (Wildman–Crippen LogP) is 2.20. The second kappa shape index (κ2) is 7.44. The Morgan fingerprint density at radius 3 is 2.64 bits per heavy atom. The number of aliphatic hydroxyl groups excluding tert-OH is 1. The average molecular weight is 343 g/mol. The molecule has 0 spiro atoms. The zero-order valence-corrected chi connectivity index (χ0v) is 14.2. The van der Waals surface area contributed by atoms with E-state index in [1.54, 1.807) is 18.2 Å². The maximum absolute atomic E-state index is 12.2. The van der Waals surface area contributed by atoms with E-state index >= 15 is 0 Å². The summed E-state index contributed by atoms with van der Waals surface area (Å²) in [4.78, 5) is 12.2. The molecule has 0 fully saturated rings. The number of hydrogen-bond acceptors (Lipinski definition) is 5. The minimum absolute atomic E-state index is 0.0623. The van der Waals surface area contributed by atoms with Gasteiger partial charge in [-0.3, -0.25) is 4.79 Å². The summed E-state index contributed by atoms with van der Waals surface area (Å²) in [5.74, 6) is 1.65. The molecule has 1 heterocycles. The number of carbonyl (C=O) groups is 1. The van der Waals surface area contributed by atoms with Crippen molar-refractivity contribution in [1.82, 2.24) is 5.32 Å². The van der Waals surface area contributed by atoms with E-state index in [-0.39, 0.29) is 25.9 Å². The van der Waals surface area contributed by atoms with Crippen molar-refractivity contribution in [1.29, 1.82) is 0 Å². The lowest BCUT2D eigenvalue weighted by atomic mass is 10.1. The summed E-state index contributed by atoms with van der Waals surface area (Å²) in [6.07, 6.45) is -0.819. The van der Waals surface area contributed by atoms with Gasteiger partial charge in [-0.1, -0.05) is 17.2 Å². The molecule has 0 unspecified atom stereocenters. The number of nitrogens with one attached hydrogen (secondary N) is 1. The third kappa shape index (κ3) is 4.42. The highest BCUT2D eigenvalue weighted by Crippen LogP contribution is 2.35. The Bertz CT molecular complexity index is 754. The Balaban J connectivity index is 1.47. The van der Waals surface area contributed by atoms with E-state index in [2.05, 4.69) is 5.32 Å². The molecule has 0 saturated carbocycles. The molecule has 25 heavy (non-hydrogen) atoms. The molecule has 1 aliphatic heterocycles. The zero-order valence-electron chi connectivity index (χ0n) is 14.2. The molecule has 0 saturated heterocycles. The number of ether oxygens (including phenoxy) is 3. The van der Waals surface area contributed by atoms with Crippen LogP contribution in [0.1, 0.15) is 21.5 Å². The summed E-state index contributed by atoms with van der Waals surface area (Å²) in [5.41, 5.74) is 2.63. The monoisotopic (exact) mass is 343 g/mol. The second-order valence-corrected chi connectivity index (χ2v) is 6.07. The molecular weight excluding hydrogens is 322 g/mol. The van der Waals surface area contributed by atoms with Crippen LogP contribution in [0.4, 0.5) is 0 Å². The fraction of sp³-hybridized carbons (Fsp3) is 0.316. The van der Waals surface area contributed by atoms with Crippen molar-refractivity contribution < 1.29 is 24.1 Å². The predicted molar refractivity (Wildman–Crippen MR) is 92.3 cm³/mol. The van der Waals surface area contributed by atoms with E-state index in [0.717, 1.165) is 11.1 Å². The van der Waals surface area contributed by atoms with Crippen LogP contribution in [-0.2, 0) is 0 Å². The van der Waals surface area contributed by atoms with E-state index in [9.17, 15) is 9.90 Å². The Morgan fingerprint density at radius 2 is 1.88 bits per heavy atom. The first-order valence-electron chi connectivity index (χ1n) is 8.08. The molecule has 2 N–H and O–H groups in total. The number of amides is 1. The average Bonchev–Trinajstić information content (AvgIpc) is 3.04. The number of benzene rings is 2. The SMILES string of the molecule is Cc1cc(C)cc(C(=O)NC[C@@H](O)COc2ccc3c(c2)OCO3)c1. The topological polar surface area (TPSA) is 77.0 Å². The van der Waals surface area contributed by atoms with Gasteiger partial charge in [0.25, 0.3) is 5.91 Å². The van der Waals surface area contributed by atoms with Gasteiger partial charge in [0.2, 0.25) is 6.79 Å². The highest BCUT2D eigenvalue weighted by Gasteiger charge is 2.15. The van der Waals surface area contributed by atoms with E-state index in [0.29, 0.717) is 22.8 Å². The lowest BCUT2D eigenvalue weighted by Crippen LogP contribution is -2.35. The minimum Gasteiger partial charge on any atom is -0.491 e. The van der Waals surface area contributed by atoms with Crippen LogP contribution < -0.4 is 19.5 Å². The summed E-state index contributed by atoms with van der Waals surface area (Å²) >= 11 is 0. The summed E-state index contributed by atoms with van der Waals surface area (Å²) in [5, 5.41) is 12.7. The van der Waals surface area contributed by atoms with Crippen molar-refractivity contribution in [3.63, 3.8) is 0 Å². The quantitative estimate of drug-likeness (QED) is 0.841. The van der Waals surface area contributed by atoms with Gasteiger partial charge in [0.05, 0.1) is 0 Å². The molecule has 6 nitrogen and oxygen atoms in total. The van der Waals surface area contributed by atoms with Crippen molar-refractivity contribution in [3.8, 4) is 17.2 Å². The number of hydrogen-bond donors (Lipinski definition) is 2. The maximum Gasteiger partial charge on any atom is 0.251 e. The Labute approximate surface area is 146 Å². The van der Waals surface area contributed by atoms with Crippen molar-refractivity contribution in [2.24, 2.45) is 0 Å². The van der Waals surface area contributed by atoms with Gasteiger partial charge in [-0.15, -0.1) is 0 Å². The molecule has 6 heteroatoms. The van der Waals surface area contributed by atoms with Crippen LogP contribution in [0.5, 0.6) is 17.2 Å². The van der Waals surface area contributed by atoms with Crippen molar-refractivity contribution in [2.75, 3.05) is 19.9 Å². The van der Waals surface area contributed by atoms with Gasteiger partial charge in [0.15, 0.2) is 11.5 Å². The van der Waals surface area contributed by atoms with Crippen LogP contribution >= 0.6 is 0 Å². The van der Waals surface area contributed by atoms with Crippen LogP contribution in [0.25, 0.3) is 0 Å². The maximum atomic E-state index is 12.2. The lowest BCUT2D eigenvalue weighted by molar-refractivity contribution is 0.0843. The first kappa shape index (κ1) is 17.1. The smallest absolute Gasteiger partial charge is 0.251 e. The molecule has 0 aromatic heterocycles. The summed E-state index contributed by atoms with van der Waals surface area (Å²) in [6, 6.07) is 10.9. The number of aryl methyl sites for hydroxylation is 2. The number of carbonyl (C=O) groups excluding carboxylic acids is 1. The molecule has 2 aromatic carbocycles. The molecule has 2 aromatic rings. The molecule has 0 radical (unpaired) electrons. The standard InChI is InChI=1S/C19H21NO5/c1-12-5-13(2)7-14(6-12)19(22)20-9-15(21)10-23-16-3-4-17-18(8-16)25-11-24-17/h3-8,15,21H,9-11H2,1-2H3,(H,20,22)/t15-/m1/s1. The third-order valence-corrected chi connectivity index (χ3v) is 3.77. The first-order valence-corrected chi connectivity index (χ1v) is 8.08. The molecular formula is C19H21NO5. The van der Waals surface area contributed by atoms with Crippen molar-refractivity contribution >= 4 is 5.91 Å². The van der Waals surface area contributed by atoms with Crippen LogP contribution in [0.2, 0.25) is 0 Å². The van der Waals surface area contributed by atoms with Crippen LogP contribution in [0.3, 0.4) is 0 Å². The normalized spacial score (nSPS) is 13.4. The Morgan fingerprint density at radius 1 is 1.16 bits per heavy atom. The van der Waals surface area contributed by atoms with Gasteiger partial charge in [0.1, 0.15) is 18.5 Å². The molecule has 1 atom stereocenters. The molecule has 3 rings (SSSR count). The number of fused-ring (bicyclic) bond motifs is 1. The summed E-state index contributed by atoms with van der Waals surface area (Å²) in [7, 11) is 0. The zero-order chi connectivity index (χ0) is 17.8. The summed E-state index contributed by atoms with van der Waals surface area (Å²) < 4.78 is 16.0. The Hall–Kier alpha value is -2.73. The fourth-order valence-corrected chi connectivity index (χ4v) is 2.64. The molecule has 0 aliphatic carbocycles. The lowest BCUT2D eigenvalue weighted by Gasteiger charge is -2.14. The molecule has 0 bridgehead atoms. The third-order valence-electron chi connectivity index (χ3n) is 3.77. The van der Waals surface area contributed by atoms with Crippen LogP contribution in [-0.4, -0.2) is 37.1 Å². The van der Waals surface area contributed by atoms with Crippen molar-refractivity contribution in [2.45, 2.75) is 20.0 Å². The fourth-order valence-electron chi connectivity index (χ4n) is 2.64. The minimum atomic E-state index is -0.819. The van der Waals surface area contributed by atoms with E-state index in [4.69, 9.17) is 14.2 Å². The van der Waals surface area contributed by atoms with Crippen LogP contribution in [0, 0.1) is 13.8 Å². The molecule has 1 aliphatic rings. The van der Waals surface area contributed by atoms with E-state index < -0.39 is 6.10 Å². The highest BCUT2D eigenvalue weighted by atomic mass is 16.7. The van der Waals surface area contributed by atoms with E-state index in [1.807, 2.05) is 32.0 Å². The molecule has 132 valence electrons. The first-order chi connectivity index (χ1) is 12.0. The van der Waals surface area contributed by atoms with Gasteiger partial charge in [-0.05, 0) is 38.1 Å². The second-order valence-electron chi connectivity index (χ2n) is 6.07. The largest absolute Gasteiger partial charge is 0.491 e. The number of rotatable bonds is 6. The van der Waals surface area contributed by atoms with Gasteiger partial charge >= 0.3 is 0 Å². The van der Waals surface area contributed by atoms with Crippen LogP contribution in [0.15, 0.2) is 36.4 Å². The van der Waals surface area contributed by atoms with Crippen molar-refractivity contribution in [3.05, 3.63) is 53.1 Å². The number of aliphatic hydroxyl groups is 1. The van der Waals surface area contributed by atoms with Gasteiger partial charge < -0.3 is 24.6 Å². The molecule has 1 amide bonds. The Kier molecular flexibility index (Phi) is 5.09. The van der Waals surface area contributed by atoms with Gasteiger partial charge in [0, 0.05) is 18.2 Å². The van der Waals surface area contributed by atoms with Gasteiger partial charge in [-0.2, -0.15) is 0 Å². The highest BCUT2D eigenvalue weighted by molar-refractivity contribution is 5.94.